The molecule has 20 heavy (non-hydrogen) atoms. The molecule has 0 radical (unpaired) electrons. The van der Waals surface area contributed by atoms with Crippen molar-refractivity contribution in [3.63, 3.8) is 0 Å². The Morgan fingerprint density at radius 3 is 2.50 bits per heavy atom. The Labute approximate surface area is 117 Å². The van der Waals surface area contributed by atoms with Gasteiger partial charge in [0.05, 0.1) is 17.8 Å². The van der Waals surface area contributed by atoms with Crippen molar-refractivity contribution >= 4 is 0 Å². The molecule has 1 aliphatic heterocycles. The van der Waals surface area contributed by atoms with Crippen LogP contribution >= 0.6 is 0 Å². The van der Waals surface area contributed by atoms with E-state index in [0.29, 0.717) is 0 Å². The second-order valence-corrected chi connectivity index (χ2v) is 5.45. The molecule has 0 amide bonds. The van der Waals surface area contributed by atoms with Gasteiger partial charge in [0.1, 0.15) is 11.6 Å². The van der Waals surface area contributed by atoms with Gasteiger partial charge < -0.3 is 10.2 Å². The van der Waals surface area contributed by atoms with Gasteiger partial charge in [-0.25, -0.2) is 8.78 Å². The number of aliphatic hydroxyl groups excluding tert-OH is 2. The number of piperidine rings is 1. The summed E-state index contributed by atoms with van der Waals surface area (Å²) in [5, 5.41) is 19.9. The maximum atomic E-state index is 13.6. The topological polar surface area (TPSA) is 43.7 Å². The van der Waals surface area contributed by atoms with Gasteiger partial charge in [-0.05, 0) is 38.4 Å². The summed E-state index contributed by atoms with van der Waals surface area (Å²) in [5.41, 5.74) is -0.289. The lowest BCUT2D eigenvalue weighted by molar-refractivity contribution is 0.00618. The third kappa shape index (κ3) is 3.34. The Morgan fingerprint density at radius 1 is 1.25 bits per heavy atom. The van der Waals surface area contributed by atoms with E-state index in [1.54, 1.807) is 6.92 Å². The minimum absolute atomic E-state index is 0.0618. The van der Waals surface area contributed by atoms with E-state index >= 15 is 0 Å². The van der Waals surface area contributed by atoms with Gasteiger partial charge in [0.15, 0.2) is 0 Å². The second kappa shape index (κ2) is 6.61. The van der Waals surface area contributed by atoms with E-state index < -0.39 is 23.8 Å². The maximum Gasteiger partial charge on any atom is 0.131 e. The standard InChI is InChI=1S/C15H21F2NO2/c1-10(19)13-7-2-3-8-18(13)9-14(20)15-11(16)5-4-6-12(15)17/h4-6,10,13-14,19-20H,2-3,7-9H2,1H3/t10-,13+,14-/m0/s1. The zero-order valence-corrected chi connectivity index (χ0v) is 11.6. The average Bonchev–Trinajstić information content (AvgIpc) is 2.38. The lowest BCUT2D eigenvalue weighted by atomic mass is 9.96. The highest BCUT2D eigenvalue weighted by Gasteiger charge is 2.29. The van der Waals surface area contributed by atoms with E-state index in [4.69, 9.17) is 0 Å². The van der Waals surface area contributed by atoms with E-state index in [-0.39, 0.29) is 18.2 Å². The molecule has 3 atom stereocenters. The number of β-amino-alcohol motifs (C(OH)–C–C–N with tert-alkyl or cyclic N) is 1. The quantitative estimate of drug-likeness (QED) is 0.891. The molecule has 1 fully saturated rings. The second-order valence-electron chi connectivity index (χ2n) is 5.45. The highest BCUT2D eigenvalue weighted by atomic mass is 19.1. The number of hydrogen-bond donors (Lipinski definition) is 2. The molecule has 112 valence electrons. The van der Waals surface area contributed by atoms with Crippen molar-refractivity contribution in [1.29, 1.82) is 0 Å². The molecular formula is C15H21F2NO2. The molecule has 0 aromatic heterocycles. The van der Waals surface area contributed by atoms with Gasteiger partial charge in [-0.3, -0.25) is 4.90 Å². The van der Waals surface area contributed by atoms with Gasteiger partial charge in [-0.2, -0.15) is 0 Å². The van der Waals surface area contributed by atoms with Crippen molar-refractivity contribution in [3.8, 4) is 0 Å². The molecule has 1 aliphatic rings. The van der Waals surface area contributed by atoms with Gasteiger partial charge in [0, 0.05) is 12.6 Å². The Kier molecular flexibility index (Phi) is 5.07. The lowest BCUT2D eigenvalue weighted by Gasteiger charge is -2.38. The summed E-state index contributed by atoms with van der Waals surface area (Å²) in [6.45, 7) is 2.56. The van der Waals surface area contributed by atoms with Crippen LogP contribution in [0.2, 0.25) is 0 Å². The fourth-order valence-corrected chi connectivity index (χ4v) is 2.93. The minimum atomic E-state index is -1.23. The van der Waals surface area contributed by atoms with Crippen LogP contribution in [0.1, 0.15) is 37.9 Å². The zero-order valence-electron chi connectivity index (χ0n) is 11.6. The van der Waals surface area contributed by atoms with Crippen LogP contribution in [-0.4, -0.2) is 40.3 Å². The molecule has 0 aliphatic carbocycles. The number of likely N-dealkylation sites (tertiary alicyclic amines) is 1. The fraction of sp³-hybridized carbons (Fsp3) is 0.600. The molecule has 5 heteroatoms. The first-order chi connectivity index (χ1) is 9.50. The Balaban J connectivity index is 2.12. The normalized spacial score (nSPS) is 23.6. The molecule has 1 aromatic carbocycles. The molecule has 2 N–H and O–H groups in total. The summed E-state index contributed by atoms with van der Waals surface area (Å²) in [7, 11) is 0. The molecule has 2 rings (SSSR count). The third-order valence-electron chi connectivity index (χ3n) is 3.96. The number of benzene rings is 1. The predicted octanol–water partition coefficient (Wildman–Crippen LogP) is 2.23. The van der Waals surface area contributed by atoms with E-state index in [2.05, 4.69) is 0 Å². The fourth-order valence-electron chi connectivity index (χ4n) is 2.93. The van der Waals surface area contributed by atoms with Crippen LogP contribution in [-0.2, 0) is 0 Å². The summed E-state index contributed by atoms with van der Waals surface area (Å²) in [6.07, 6.45) is 1.08. The van der Waals surface area contributed by atoms with Crippen molar-refractivity contribution in [3.05, 3.63) is 35.4 Å². The van der Waals surface area contributed by atoms with E-state index in [0.717, 1.165) is 37.9 Å². The van der Waals surface area contributed by atoms with Crippen LogP contribution in [0.25, 0.3) is 0 Å². The predicted molar refractivity (Wildman–Crippen MR) is 72.2 cm³/mol. The van der Waals surface area contributed by atoms with Crippen LogP contribution in [0.15, 0.2) is 18.2 Å². The maximum absolute atomic E-state index is 13.6. The summed E-state index contributed by atoms with van der Waals surface area (Å²) in [5.74, 6) is -1.47. The van der Waals surface area contributed by atoms with Crippen LogP contribution in [0.3, 0.4) is 0 Å². The first kappa shape index (κ1) is 15.4. The first-order valence-electron chi connectivity index (χ1n) is 7.04. The van der Waals surface area contributed by atoms with Gasteiger partial charge >= 0.3 is 0 Å². The smallest absolute Gasteiger partial charge is 0.131 e. The van der Waals surface area contributed by atoms with Crippen molar-refractivity contribution < 1.29 is 19.0 Å². The molecule has 1 saturated heterocycles. The SMILES string of the molecule is C[C@H](O)[C@H]1CCCCN1C[C@H](O)c1c(F)cccc1F. The van der Waals surface area contributed by atoms with Crippen LogP contribution < -0.4 is 0 Å². The number of hydrogen-bond acceptors (Lipinski definition) is 3. The summed E-state index contributed by atoms with van der Waals surface area (Å²) >= 11 is 0. The number of halogens is 2. The Morgan fingerprint density at radius 2 is 1.90 bits per heavy atom. The van der Waals surface area contributed by atoms with Crippen LogP contribution in [0, 0.1) is 11.6 Å². The average molecular weight is 285 g/mol. The largest absolute Gasteiger partial charge is 0.392 e. The van der Waals surface area contributed by atoms with Gasteiger partial charge in [-0.1, -0.05) is 12.5 Å². The summed E-state index contributed by atoms with van der Waals surface area (Å²) in [6, 6.07) is 3.50. The van der Waals surface area contributed by atoms with E-state index in [1.807, 2.05) is 4.90 Å². The zero-order chi connectivity index (χ0) is 14.7. The molecule has 0 spiro atoms. The van der Waals surface area contributed by atoms with E-state index in [1.165, 1.54) is 6.07 Å². The molecule has 0 saturated carbocycles. The molecule has 0 bridgehead atoms. The first-order valence-corrected chi connectivity index (χ1v) is 7.04. The third-order valence-corrected chi connectivity index (χ3v) is 3.96. The highest BCUT2D eigenvalue weighted by Crippen LogP contribution is 2.26. The lowest BCUT2D eigenvalue weighted by Crippen LogP contribution is -2.47. The number of rotatable bonds is 4. The Bertz CT molecular complexity index is 433. The Hall–Kier alpha value is -1.04. The van der Waals surface area contributed by atoms with Crippen molar-refractivity contribution in [1.82, 2.24) is 4.90 Å². The molecule has 1 aromatic rings. The molecule has 0 unspecified atom stereocenters. The summed E-state index contributed by atoms with van der Waals surface area (Å²) < 4.78 is 27.3. The van der Waals surface area contributed by atoms with Crippen LogP contribution in [0.5, 0.6) is 0 Å². The van der Waals surface area contributed by atoms with Crippen molar-refractivity contribution in [2.45, 2.75) is 44.4 Å². The monoisotopic (exact) mass is 285 g/mol. The number of aliphatic hydroxyl groups is 2. The summed E-state index contributed by atoms with van der Waals surface area (Å²) in [4.78, 5) is 1.92. The van der Waals surface area contributed by atoms with Crippen molar-refractivity contribution in [2.24, 2.45) is 0 Å². The highest BCUT2D eigenvalue weighted by molar-refractivity contribution is 5.22. The molecule has 3 nitrogen and oxygen atoms in total. The molecule has 1 heterocycles. The van der Waals surface area contributed by atoms with Gasteiger partial charge in [0.2, 0.25) is 0 Å². The molecular weight excluding hydrogens is 264 g/mol. The van der Waals surface area contributed by atoms with Gasteiger partial charge in [0.25, 0.3) is 0 Å². The van der Waals surface area contributed by atoms with E-state index in [9.17, 15) is 19.0 Å². The number of nitrogens with zero attached hydrogens (tertiary/aromatic N) is 1. The van der Waals surface area contributed by atoms with Crippen LogP contribution in [0.4, 0.5) is 8.78 Å². The van der Waals surface area contributed by atoms with Crippen molar-refractivity contribution in [2.75, 3.05) is 13.1 Å². The van der Waals surface area contributed by atoms with Gasteiger partial charge in [-0.15, -0.1) is 0 Å². The minimum Gasteiger partial charge on any atom is -0.392 e.